The van der Waals surface area contributed by atoms with Gasteiger partial charge in [-0.25, -0.2) is 4.39 Å². The molecule has 0 saturated heterocycles. The smallest absolute Gasteiger partial charge is 0.125 e. The second kappa shape index (κ2) is 3.99. The summed E-state index contributed by atoms with van der Waals surface area (Å²) in [5.74, 6) is 0.686. The van der Waals surface area contributed by atoms with Crippen LogP contribution in [0.25, 0.3) is 0 Å². The molecule has 1 aromatic rings. The summed E-state index contributed by atoms with van der Waals surface area (Å²) in [6.45, 7) is 3.03. The van der Waals surface area contributed by atoms with Crippen LogP contribution >= 0.6 is 0 Å². The van der Waals surface area contributed by atoms with Gasteiger partial charge < -0.3 is 5.32 Å². The second-order valence-electron chi connectivity index (χ2n) is 4.03. The van der Waals surface area contributed by atoms with Crippen molar-refractivity contribution in [3.05, 3.63) is 29.6 Å². The molecule has 76 valence electrons. The zero-order chi connectivity index (χ0) is 9.97. The fourth-order valence-electron chi connectivity index (χ4n) is 1.54. The van der Waals surface area contributed by atoms with Gasteiger partial charge in [0.1, 0.15) is 5.82 Å². The predicted molar refractivity (Wildman–Crippen MR) is 57.0 cm³/mol. The first-order valence-corrected chi connectivity index (χ1v) is 5.31. The Morgan fingerprint density at radius 2 is 2.14 bits per heavy atom. The average molecular weight is 193 g/mol. The van der Waals surface area contributed by atoms with E-state index in [1.807, 2.05) is 13.0 Å². The zero-order valence-electron chi connectivity index (χ0n) is 8.52. The van der Waals surface area contributed by atoms with Gasteiger partial charge in [-0.1, -0.05) is 6.92 Å². The maximum Gasteiger partial charge on any atom is 0.125 e. The molecule has 0 radical (unpaired) electrons. The van der Waals surface area contributed by atoms with Crippen molar-refractivity contribution < 1.29 is 4.39 Å². The Morgan fingerprint density at radius 1 is 1.36 bits per heavy atom. The van der Waals surface area contributed by atoms with Gasteiger partial charge in [-0.15, -0.1) is 0 Å². The van der Waals surface area contributed by atoms with Crippen molar-refractivity contribution in [2.45, 2.75) is 26.2 Å². The molecule has 1 N–H and O–H groups in total. The van der Waals surface area contributed by atoms with Crippen LogP contribution in [0.1, 0.15) is 25.3 Å². The number of aryl methyl sites for hydroxylation is 1. The van der Waals surface area contributed by atoms with E-state index < -0.39 is 0 Å². The lowest BCUT2D eigenvalue weighted by Gasteiger charge is -2.07. The first kappa shape index (κ1) is 9.50. The van der Waals surface area contributed by atoms with Crippen LogP contribution in [0.3, 0.4) is 0 Å². The van der Waals surface area contributed by atoms with Crippen LogP contribution in [0.4, 0.5) is 10.1 Å². The molecule has 0 bridgehead atoms. The lowest BCUT2D eigenvalue weighted by atomic mass is 10.1. The van der Waals surface area contributed by atoms with Crippen LogP contribution in [-0.2, 0) is 6.42 Å². The quantitative estimate of drug-likeness (QED) is 0.774. The van der Waals surface area contributed by atoms with Crippen molar-refractivity contribution in [3.63, 3.8) is 0 Å². The van der Waals surface area contributed by atoms with Crippen molar-refractivity contribution in [1.29, 1.82) is 0 Å². The van der Waals surface area contributed by atoms with Gasteiger partial charge >= 0.3 is 0 Å². The molecule has 0 atom stereocenters. The third kappa shape index (κ3) is 2.47. The molecule has 1 aliphatic carbocycles. The minimum absolute atomic E-state index is 0.136. The minimum Gasteiger partial charge on any atom is -0.385 e. The van der Waals surface area contributed by atoms with Gasteiger partial charge in [0.2, 0.25) is 0 Å². The van der Waals surface area contributed by atoms with Gasteiger partial charge in [-0.05, 0) is 48.9 Å². The molecule has 0 spiro atoms. The molecular weight excluding hydrogens is 177 g/mol. The predicted octanol–water partition coefficient (Wildman–Crippen LogP) is 3.21. The van der Waals surface area contributed by atoms with Crippen molar-refractivity contribution in [2.24, 2.45) is 5.92 Å². The minimum atomic E-state index is -0.136. The third-order valence-electron chi connectivity index (χ3n) is 2.66. The Balaban J connectivity index is 2.03. The Kier molecular flexibility index (Phi) is 2.71. The number of anilines is 1. The third-order valence-corrected chi connectivity index (χ3v) is 2.66. The maximum atomic E-state index is 13.1. The standard InChI is InChI=1S/C12H16FN/c1-2-9-5-11(13)7-12(6-9)14-8-10-3-4-10/h5-7,10,14H,2-4,8H2,1H3. The summed E-state index contributed by atoms with van der Waals surface area (Å²) in [7, 11) is 0. The summed E-state index contributed by atoms with van der Waals surface area (Å²) in [6.07, 6.45) is 3.53. The van der Waals surface area contributed by atoms with Gasteiger partial charge in [0.25, 0.3) is 0 Å². The summed E-state index contributed by atoms with van der Waals surface area (Å²) < 4.78 is 13.1. The van der Waals surface area contributed by atoms with Crippen LogP contribution in [-0.4, -0.2) is 6.54 Å². The van der Waals surface area contributed by atoms with Crippen molar-refractivity contribution in [1.82, 2.24) is 0 Å². The highest BCUT2D eigenvalue weighted by molar-refractivity contribution is 5.46. The van der Waals surface area contributed by atoms with E-state index >= 15 is 0 Å². The molecule has 1 aliphatic rings. The van der Waals surface area contributed by atoms with E-state index in [0.717, 1.165) is 30.1 Å². The zero-order valence-corrected chi connectivity index (χ0v) is 8.52. The molecule has 2 heteroatoms. The van der Waals surface area contributed by atoms with Gasteiger partial charge in [-0.3, -0.25) is 0 Å². The molecule has 14 heavy (non-hydrogen) atoms. The largest absolute Gasteiger partial charge is 0.385 e. The fourth-order valence-corrected chi connectivity index (χ4v) is 1.54. The molecule has 0 unspecified atom stereocenters. The van der Waals surface area contributed by atoms with E-state index in [1.54, 1.807) is 12.1 Å². The SMILES string of the molecule is CCc1cc(F)cc(NCC2CC2)c1. The van der Waals surface area contributed by atoms with Crippen molar-refractivity contribution in [3.8, 4) is 0 Å². The Hall–Kier alpha value is -1.05. The summed E-state index contributed by atoms with van der Waals surface area (Å²) >= 11 is 0. The Labute approximate surface area is 84.3 Å². The van der Waals surface area contributed by atoms with Crippen LogP contribution < -0.4 is 5.32 Å². The van der Waals surface area contributed by atoms with E-state index in [4.69, 9.17) is 0 Å². The first-order chi connectivity index (χ1) is 6.78. The van der Waals surface area contributed by atoms with Crippen LogP contribution in [0, 0.1) is 11.7 Å². The average Bonchev–Trinajstić information content (AvgIpc) is 2.97. The number of hydrogen-bond acceptors (Lipinski definition) is 1. The topological polar surface area (TPSA) is 12.0 Å². The van der Waals surface area contributed by atoms with E-state index in [0.29, 0.717) is 0 Å². The molecule has 1 aromatic carbocycles. The molecule has 0 aromatic heterocycles. The summed E-state index contributed by atoms with van der Waals surface area (Å²) in [5, 5.41) is 3.28. The lowest BCUT2D eigenvalue weighted by molar-refractivity contribution is 0.626. The molecule has 1 saturated carbocycles. The molecule has 1 fully saturated rings. The molecule has 0 aliphatic heterocycles. The highest BCUT2D eigenvalue weighted by Crippen LogP contribution is 2.29. The van der Waals surface area contributed by atoms with Crippen molar-refractivity contribution >= 4 is 5.69 Å². The second-order valence-corrected chi connectivity index (χ2v) is 4.03. The van der Waals surface area contributed by atoms with Crippen LogP contribution in [0.2, 0.25) is 0 Å². The maximum absolute atomic E-state index is 13.1. The number of hydrogen-bond donors (Lipinski definition) is 1. The van der Waals surface area contributed by atoms with Crippen LogP contribution in [0.15, 0.2) is 18.2 Å². The highest BCUT2D eigenvalue weighted by atomic mass is 19.1. The van der Waals surface area contributed by atoms with Gasteiger partial charge in [0.15, 0.2) is 0 Å². The molecule has 2 rings (SSSR count). The van der Waals surface area contributed by atoms with E-state index in [9.17, 15) is 4.39 Å². The monoisotopic (exact) mass is 193 g/mol. The Morgan fingerprint density at radius 3 is 2.79 bits per heavy atom. The number of nitrogens with one attached hydrogen (secondary N) is 1. The number of halogens is 1. The van der Waals surface area contributed by atoms with Crippen LogP contribution in [0.5, 0.6) is 0 Å². The summed E-state index contributed by atoms with van der Waals surface area (Å²) in [6, 6.07) is 5.20. The molecule has 1 nitrogen and oxygen atoms in total. The van der Waals surface area contributed by atoms with E-state index in [1.165, 1.54) is 12.8 Å². The van der Waals surface area contributed by atoms with E-state index in [2.05, 4.69) is 5.32 Å². The number of rotatable bonds is 4. The van der Waals surface area contributed by atoms with Gasteiger partial charge in [0, 0.05) is 12.2 Å². The van der Waals surface area contributed by atoms with E-state index in [-0.39, 0.29) is 5.82 Å². The van der Waals surface area contributed by atoms with Gasteiger partial charge in [-0.2, -0.15) is 0 Å². The summed E-state index contributed by atoms with van der Waals surface area (Å²) in [5.41, 5.74) is 1.98. The molecular formula is C12H16FN. The normalized spacial score (nSPS) is 15.6. The molecule has 0 amide bonds. The highest BCUT2D eigenvalue weighted by Gasteiger charge is 2.20. The van der Waals surface area contributed by atoms with Crippen molar-refractivity contribution in [2.75, 3.05) is 11.9 Å². The first-order valence-electron chi connectivity index (χ1n) is 5.31. The summed E-state index contributed by atoms with van der Waals surface area (Å²) in [4.78, 5) is 0. The fraction of sp³-hybridized carbons (Fsp3) is 0.500. The number of benzene rings is 1. The van der Waals surface area contributed by atoms with Gasteiger partial charge in [0.05, 0.1) is 0 Å². The lowest BCUT2D eigenvalue weighted by Crippen LogP contribution is -2.03. The Bertz CT molecular complexity index is 318. The molecule has 0 heterocycles.